The van der Waals surface area contributed by atoms with Gasteiger partial charge in [-0.3, -0.25) is 9.78 Å². The number of rotatable bonds is 6. The molecule has 3 rings (SSSR count). The van der Waals surface area contributed by atoms with Crippen molar-refractivity contribution >= 4 is 22.8 Å². The lowest BCUT2D eigenvalue weighted by molar-refractivity contribution is -0.129. The Bertz CT molecular complexity index is 834. The van der Waals surface area contributed by atoms with Crippen LogP contribution < -0.4 is 5.32 Å². The molecule has 2 aromatic rings. The molecule has 1 heterocycles. The molecule has 0 radical (unpaired) electrons. The van der Waals surface area contributed by atoms with Crippen molar-refractivity contribution in [1.29, 1.82) is 0 Å². The van der Waals surface area contributed by atoms with E-state index < -0.39 is 12.1 Å². The zero-order valence-electron chi connectivity index (χ0n) is 15.9. The summed E-state index contributed by atoms with van der Waals surface area (Å²) in [4.78, 5) is 30.0. The molecule has 1 amide bonds. The van der Waals surface area contributed by atoms with Crippen LogP contribution in [0.2, 0.25) is 0 Å². The molecular weight excluding hydrogens is 344 g/mol. The molecule has 0 saturated carbocycles. The van der Waals surface area contributed by atoms with E-state index in [0.717, 1.165) is 54.3 Å². The molecule has 1 aliphatic rings. The molecule has 0 fully saturated rings. The van der Waals surface area contributed by atoms with E-state index in [1.165, 1.54) is 0 Å². The van der Waals surface area contributed by atoms with Crippen LogP contribution in [0.15, 0.2) is 24.3 Å². The molecule has 1 atom stereocenters. The SMILES string of the molecule is COCCNC(=O)[C@H](C)OC(=O)c1c2c(nc3ccccc13)CCCCC2. The first-order chi connectivity index (χ1) is 13.1. The van der Waals surface area contributed by atoms with Crippen molar-refractivity contribution < 1.29 is 19.1 Å². The van der Waals surface area contributed by atoms with Crippen molar-refractivity contribution in [1.82, 2.24) is 10.3 Å². The van der Waals surface area contributed by atoms with Crippen LogP contribution in [0.5, 0.6) is 0 Å². The van der Waals surface area contributed by atoms with Crippen LogP contribution in [0, 0.1) is 0 Å². The molecule has 0 bridgehead atoms. The number of carbonyl (C=O) groups is 2. The Hall–Kier alpha value is -2.47. The topological polar surface area (TPSA) is 77.5 Å². The van der Waals surface area contributed by atoms with E-state index in [1.54, 1.807) is 14.0 Å². The Morgan fingerprint density at radius 1 is 1.19 bits per heavy atom. The van der Waals surface area contributed by atoms with Crippen LogP contribution in [0.25, 0.3) is 10.9 Å². The molecule has 1 N–H and O–H groups in total. The Labute approximate surface area is 159 Å². The second kappa shape index (κ2) is 8.95. The van der Waals surface area contributed by atoms with Gasteiger partial charge in [-0.15, -0.1) is 0 Å². The van der Waals surface area contributed by atoms with Crippen molar-refractivity contribution in [3.8, 4) is 0 Å². The Balaban J connectivity index is 1.89. The minimum absolute atomic E-state index is 0.329. The molecule has 0 saturated heterocycles. The number of carbonyl (C=O) groups excluding carboxylic acids is 2. The minimum Gasteiger partial charge on any atom is -0.449 e. The average Bonchev–Trinajstić information content (AvgIpc) is 2.91. The fourth-order valence-electron chi connectivity index (χ4n) is 3.48. The van der Waals surface area contributed by atoms with Crippen LogP contribution in [-0.2, 0) is 27.1 Å². The Kier molecular flexibility index (Phi) is 6.40. The van der Waals surface area contributed by atoms with Crippen molar-refractivity contribution in [3.05, 3.63) is 41.1 Å². The zero-order valence-corrected chi connectivity index (χ0v) is 15.9. The predicted octanol–water partition coefficient (Wildman–Crippen LogP) is 2.81. The lowest BCUT2D eigenvalue weighted by atomic mass is 9.97. The Morgan fingerprint density at radius 2 is 1.96 bits per heavy atom. The van der Waals surface area contributed by atoms with Gasteiger partial charge in [0.1, 0.15) is 0 Å². The standard InChI is InChI=1S/C21H26N2O4/c1-14(20(24)22-12-13-26-2)27-21(25)19-15-8-4-3-5-10-17(15)23-18-11-7-6-9-16(18)19/h6-7,9,11,14H,3-5,8,10,12-13H2,1-2H3,(H,22,24)/t14-/m0/s1. The van der Waals surface area contributed by atoms with Gasteiger partial charge < -0.3 is 14.8 Å². The zero-order chi connectivity index (χ0) is 19.2. The number of esters is 1. The van der Waals surface area contributed by atoms with E-state index in [9.17, 15) is 9.59 Å². The highest BCUT2D eigenvalue weighted by molar-refractivity contribution is 6.05. The van der Waals surface area contributed by atoms with Crippen molar-refractivity contribution in [2.75, 3.05) is 20.3 Å². The van der Waals surface area contributed by atoms with Gasteiger partial charge in [0, 0.05) is 24.7 Å². The second-order valence-electron chi connectivity index (χ2n) is 6.82. The number of methoxy groups -OCH3 is 1. The summed E-state index contributed by atoms with van der Waals surface area (Å²) in [5, 5.41) is 3.48. The first-order valence-corrected chi connectivity index (χ1v) is 9.50. The monoisotopic (exact) mass is 370 g/mol. The maximum absolute atomic E-state index is 13.0. The van der Waals surface area contributed by atoms with Gasteiger partial charge in [-0.1, -0.05) is 24.6 Å². The van der Waals surface area contributed by atoms with Crippen LogP contribution >= 0.6 is 0 Å². The number of nitrogens with zero attached hydrogens (tertiary/aromatic N) is 1. The molecule has 1 aromatic heterocycles. The van der Waals surface area contributed by atoms with Gasteiger partial charge >= 0.3 is 5.97 Å². The summed E-state index contributed by atoms with van der Waals surface area (Å²) in [6.45, 7) is 2.38. The third-order valence-electron chi connectivity index (χ3n) is 4.88. The maximum Gasteiger partial charge on any atom is 0.339 e. The summed E-state index contributed by atoms with van der Waals surface area (Å²) in [6, 6.07) is 7.62. The largest absolute Gasteiger partial charge is 0.449 e. The number of amides is 1. The second-order valence-corrected chi connectivity index (χ2v) is 6.82. The molecule has 1 aromatic carbocycles. The number of ether oxygens (including phenoxy) is 2. The van der Waals surface area contributed by atoms with E-state index in [-0.39, 0.29) is 5.91 Å². The summed E-state index contributed by atoms with van der Waals surface area (Å²) in [5.41, 5.74) is 3.31. The van der Waals surface area contributed by atoms with E-state index in [2.05, 4.69) is 5.32 Å². The van der Waals surface area contributed by atoms with Gasteiger partial charge in [0.15, 0.2) is 6.10 Å². The number of nitrogens with one attached hydrogen (secondary N) is 1. The summed E-state index contributed by atoms with van der Waals surface area (Å²) >= 11 is 0. The summed E-state index contributed by atoms with van der Waals surface area (Å²) in [6.07, 6.45) is 4.03. The molecule has 144 valence electrons. The highest BCUT2D eigenvalue weighted by Gasteiger charge is 2.25. The first-order valence-electron chi connectivity index (χ1n) is 9.50. The van der Waals surface area contributed by atoms with Gasteiger partial charge in [0.25, 0.3) is 5.91 Å². The first kappa shape index (κ1) is 19.3. The summed E-state index contributed by atoms with van der Waals surface area (Å²) in [7, 11) is 1.57. The molecular formula is C21H26N2O4. The van der Waals surface area contributed by atoms with Crippen LogP contribution in [0.3, 0.4) is 0 Å². The van der Waals surface area contributed by atoms with Gasteiger partial charge in [-0.25, -0.2) is 4.79 Å². The van der Waals surface area contributed by atoms with Gasteiger partial charge in [-0.2, -0.15) is 0 Å². The molecule has 1 aliphatic carbocycles. The average molecular weight is 370 g/mol. The number of benzene rings is 1. The highest BCUT2D eigenvalue weighted by Crippen LogP contribution is 2.29. The van der Waals surface area contributed by atoms with Crippen molar-refractivity contribution in [2.45, 2.75) is 45.1 Å². The lowest BCUT2D eigenvalue weighted by Crippen LogP contribution is -2.37. The van der Waals surface area contributed by atoms with Crippen LogP contribution in [-0.4, -0.2) is 43.2 Å². The quantitative estimate of drug-likeness (QED) is 0.481. The molecule has 6 heteroatoms. The molecule has 0 aliphatic heterocycles. The normalized spacial score (nSPS) is 14.9. The van der Waals surface area contributed by atoms with Crippen molar-refractivity contribution in [3.63, 3.8) is 0 Å². The number of hydrogen-bond acceptors (Lipinski definition) is 5. The number of hydrogen-bond donors (Lipinski definition) is 1. The minimum atomic E-state index is -0.872. The lowest BCUT2D eigenvalue weighted by Gasteiger charge is -2.17. The summed E-state index contributed by atoms with van der Waals surface area (Å²) in [5.74, 6) is -0.786. The number of aryl methyl sites for hydroxylation is 1. The third-order valence-corrected chi connectivity index (χ3v) is 4.88. The van der Waals surface area contributed by atoms with Gasteiger partial charge in [0.05, 0.1) is 17.7 Å². The van der Waals surface area contributed by atoms with E-state index in [0.29, 0.717) is 18.7 Å². The molecule has 27 heavy (non-hydrogen) atoms. The fourth-order valence-corrected chi connectivity index (χ4v) is 3.48. The van der Waals surface area contributed by atoms with Gasteiger partial charge in [-0.05, 0) is 44.2 Å². The number of aromatic nitrogens is 1. The summed E-state index contributed by atoms with van der Waals surface area (Å²) < 4.78 is 10.4. The third kappa shape index (κ3) is 4.45. The van der Waals surface area contributed by atoms with Crippen LogP contribution in [0.4, 0.5) is 0 Å². The van der Waals surface area contributed by atoms with Crippen molar-refractivity contribution in [2.24, 2.45) is 0 Å². The van der Waals surface area contributed by atoms with E-state index in [1.807, 2.05) is 24.3 Å². The predicted molar refractivity (Wildman–Crippen MR) is 103 cm³/mol. The smallest absolute Gasteiger partial charge is 0.339 e. The Morgan fingerprint density at radius 3 is 2.78 bits per heavy atom. The van der Waals surface area contributed by atoms with Gasteiger partial charge in [0.2, 0.25) is 0 Å². The number of fused-ring (bicyclic) bond motifs is 2. The maximum atomic E-state index is 13.0. The highest BCUT2D eigenvalue weighted by atomic mass is 16.5. The molecule has 0 unspecified atom stereocenters. The number of para-hydroxylation sites is 1. The van der Waals surface area contributed by atoms with E-state index in [4.69, 9.17) is 14.5 Å². The molecule has 0 spiro atoms. The molecule has 6 nitrogen and oxygen atoms in total. The number of pyridine rings is 1. The fraction of sp³-hybridized carbons (Fsp3) is 0.476. The van der Waals surface area contributed by atoms with Crippen LogP contribution in [0.1, 0.15) is 47.8 Å². The van der Waals surface area contributed by atoms with E-state index >= 15 is 0 Å².